The van der Waals surface area contributed by atoms with Crippen molar-refractivity contribution >= 4 is 33.3 Å². The van der Waals surface area contributed by atoms with Gasteiger partial charge in [-0.3, -0.25) is 4.79 Å². The quantitative estimate of drug-likeness (QED) is 0.712. The van der Waals surface area contributed by atoms with Crippen LogP contribution in [0.1, 0.15) is 17.3 Å². The van der Waals surface area contributed by atoms with Gasteiger partial charge < -0.3 is 15.5 Å². The Bertz CT molecular complexity index is 683. The SMILES string of the molecule is CC(O)(CNC(=O)c1ccc(Cl)c(S(C)(=O)=O)c1)C(=O)O. The highest BCUT2D eigenvalue weighted by molar-refractivity contribution is 7.90. The van der Waals surface area contributed by atoms with Crippen LogP contribution in [-0.4, -0.2) is 48.9 Å². The van der Waals surface area contributed by atoms with Crippen molar-refractivity contribution in [1.82, 2.24) is 5.32 Å². The van der Waals surface area contributed by atoms with Crippen molar-refractivity contribution in [3.05, 3.63) is 28.8 Å². The van der Waals surface area contributed by atoms with E-state index < -0.39 is 33.9 Å². The van der Waals surface area contributed by atoms with Gasteiger partial charge in [0.05, 0.1) is 16.5 Å². The maximum absolute atomic E-state index is 11.9. The fourth-order valence-corrected chi connectivity index (χ4v) is 2.66. The maximum atomic E-state index is 11.9. The van der Waals surface area contributed by atoms with E-state index in [1.807, 2.05) is 0 Å². The van der Waals surface area contributed by atoms with E-state index in [1.165, 1.54) is 12.1 Å². The van der Waals surface area contributed by atoms with Crippen LogP contribution >= 0.6 is 11.6 Å². The summed E-state index contributed by atoms with van der Waals surface area (Å²) in [4.78, 5) is 22.3. The molecule has 7 nitrogen and oxygen atoms in total. The van der Waals surface area contributed by atoms with Crippen LogP contribution in [0.25, 0.3) is 0 Å². The summed E-state index contributed by atoms with van der Waals surface area (Å²) in [6.07, 6.45) is 0.950. The normalized spacial score (nSPS) is 14.3. The van der Waals surface area contributed by atoms with Gasteiger partial charge in [-0.1, -0.05) is 11.6 Å². The van der Waals surface area contributed by atoms with Crippen LogP contribution in [0, 0.1) is 0 Å². The summed E-state index contributed by atoms with van der Waals surface area (Å²) in [6, 6.07) is 3.63. The lowest BCUT2D eigenvalue weighted by molar-refractivity contribution is -0.155. The maximum Gasteiger partial charge on any atom is 0.337 e. The number of aliphatic hydroxyl groups is 1. The summed E-state index contributed by atoms with van der Waals surface area (Å²) in [5, 5.41) is 20.4. The second-order valence-corrected chi connectivity index (χ2v) is 7.07. The Hall–Kier alpha value is -1.64. The molecule has 0 aliphatic carbocycles. The smallest absolute Gasteiger partial charge is 0.337 e. The first-order chi connectivity index (χ1) is 9.45. The molecule has 1 unspecified atom stereocenters. The van der Waals surface area contributed by atoms with Gasteiger partial charge in [-0.05, 0) is 25.1 Å². The Kier molecular flexibility index (Phi) is 4.98. The summed E-state index contributed by atoms with van der Waals surface area (Å²) in [5.74, 6) is -2.21. The number of hydrogen-bond acceptors (Lipinski definition) is 5. The average Bonchev–Trinajstić information content (AvgIpc) is 2.35. The highest BCUT2D eigenvalue weighted by atomic mass is 35.5. The van der Waals surface area contributed by atoms with Crippen LogP contribution in [-0.2, 0) is 14.6 Å². The molecule has 1 aromatic carbocycles. The van der Waals surface area contributed by atoms with Gasteiger partial charge >= 0.3 is 5.97 Å². The van der Waals surface area contributed by atoms with Gasteiger partial charge in [0, 0.05) is 11.8 Å². The Morgan fingerprint density at radius 2 is 1.95 bits per heavy atom. The molecule has 0 radical (unpaired) electrons. The molecule has 9 heteroatoms. The molecule has 0 heterocycles. The Labute approximate surface area is 126 Å². The molecule has 3 N–H and O–H groups in total. The fourth-order valence-electron chi connectivity index (χ4n) is 1.36. The topological polar surface area (TPSA) is 121 Å². The number of nitrogens with one attached hydrogen (secondary N) is 1. The van der Waals surface area contributed by atoms with Gasteiger partial charge in [0.2, 0.25) is 0 Å². The Morgan fingerprint density at radius 1 is 1.38 bits per heavy atom. The molecule has 116 valence electrons. The minimum Gasteiger partial charge on any atom is -0.479 e. The predicted molar refractivity (Wildman–Crippen MR) is 75.2 cm³/mol. The number of halogens is 1. The van der Waals surface area contributed by atoms with Gasteiger partial charge in [-0.15, -0.1) is 0 Å². The summed E-state index contributed by atoms with van der Waals surface area (Å²) < 4.78 is 23.0. The molecule has 0 bridgehead atoms. The lowest BCUT2D eigenvalue weighted by Crippen LogP contribution is -2.46. The Morgan fingerprint density at radius 3 is 2.43 bits per heavy atom. The van der Waals surface area contributed by atoms with E-state index in [0.29, 0.717) is 0 Å². The number of aliphatic carboxylic acids is 1. The van der Waals surface area contributed by atoms with Gasteiger partial charge in [0.15, 0.2) is 15.4 Å². The largest absolute Gasteiger partial charge is 0.479 e. The molecule has 0 aromatic heterocycles. The predicted octanol–water partition coefficient (Wildman–Crippen LogP) is 0.309. The highest BCUT2D eigenvalue weighted by Crippen LogP contribution is 2.22. The first-order valence-corrected chi connectivity index (χ1v) is 7.95. The van der Waals surface area contributed by atoms with E-state index >= 15 is 0 Å². The van der Waals surface area contributed by atoms with E-state index in [1.54, 1.807) is 0 Å². The summed E-state index contributed by atoms with van der Waals surface area (Å²) >= 11 is 5.75. The minimum absolute atomic E-state index is 0.0130. The Balaban J connectivity index is 2.98. The van der Waals surface area contributed by atoms with Crippen LogP contribution in [0.4, 0.5) is 0 Å². The standard InChI is InChI=1S/C12H14ClNO6S/c1-12(18,11(16)17)6-14-10(15)7-3-4-8(13)9(5-7)21(2,19)20/h3-5,18H,6H2,1-2H3,(H,14,15)(H,16,17). The van der Waals surface area contributed by atoms with Crippen LogP contribution in [0.3, 0.4) is 0 Å². The van der Waals surface area contributed by atoms with Crippen molar-refractivity contribution in [1.29, 1.82) is 0 Å². The van der Waals surface area contributed by atoms with Gasteiger partial charge in [-0.2, -0.15) is 0 Å². The van der Waals surface area contributed by atoms with Crippen molar-refractivity contribution in [2.24, 2.45) is 0 Å². The zero-order valence-corrected chi connectivity index (χ0v) is 12.8. The molecule has 0 fully saturated rings. The van der Waals surface area contributed by atoms with Gasteiger partial charge in [-0.25, -0.2) is 13.2 Å². The van der Waals surface area contributed by atoms with Crippen molar-refractivity contribution in [2.45, 2.75) is 17.4 Å². The molecule has 1 amide bonds. The molecular formula is C12H14ClNO6S. The fraction of sp³-hybridized carbons (Fsp3) is 0.333. The number of amides is 1. The average molecular weight is 336 g/mol. The molecule has 0 spiro atoms. The van der Waals surface area contributed by atoms with Crippen molar-refractivity contribution in [3.63, 3.8) is 0 Å². The van der Waals surface area contributed by atoms with Crippen LogP contribution in [0.5, 0.6) is 0 Å². The summed E-state index contributed by atoms with van der Waals surface area (Å²) in [7, 11) is -3.60. The van der Waals surface area contributed by atoms with Crippen molar-refractivity contribution in [2.75, 3.05) is 12.8 Å². The minimum atomic E-state index is -3.60. The highest BCUT2D eigenvalue weighted by Gasteiger charge is 2.30. The lowest BCUT2D eigenvalue weighted by Gasteiger charge is -2.18. The third-order valence-corrected chi connectivity index (χ3v) is 4.23. The summed E-state index contributed by atoms with van der Waals surface area (Å²) in [5.41, 5.74) is -2.14. The van der Waals surface area contributed by atoms with E-state index in [9.17, 15) is 23.1 Å². The molecule has 1 rings (SSSR count). The van der Waals surface area contributed by atoms with E-state index in [-0.39, 0.29) is 15.5 Å². The number of carboxylic acids is 1. The van der Waals surface area contributed by atoms with Crippen molar-refractivity contribution < 1.29 is 28.2 Å². The molecular weight excluding hydrogens is 322 g/mol. The van der Waals surface area contributed by atoms with Crippen LogP contribution < -0.4 is 5.32 Å². The number of rotatable bonds is 5. The van der Waals surface area contributed by atoms with Crippen molar-refractivity contribution in [3.8, 4) is 0 Å². The number of benzene rings is 1. The number of carbonyl (C=O) groups is 2. The number of sulfone groups is 1. The molecule has 0 aliphatic heterocycles. The molecule has 0 saturated heterocycles. The number of carbonyl (C=O) groups excluding carboxylic acids is 1. The van der Waals surface area contributed by atoms with E-state index in [0.717, 1.165) is 19.2 Å². The van der Waals surface area contributed by atoms with Crippen LogP contribution in [0.15, 0.2) is 23.1 Å². The van der Waals surface area contributed by atoms with E-state index in [4.69, 9.17) is 16.7 Å². The summed E-state index contributed by atoms with van der Waals surface area (Å²) in [6.45, 7) is 0.497. The van der Waals surface area contributed by atoms with Gasteiger partial charge in [0.1, 0.15) is 0 Å². The monoisotopic (exact) mass is 335 g/mol. The first kappa shape index (κ1) is 17.4. The third-order valence-electron chi connectivity index (χ3n) is 2.65. The molecule has 1 aromatic rings. The zero-order valence-electron chi connectivity index (χ0n) is 11.3. The molecule has 1 atom stereocenters. The number of hydrogen-bond donors (Lipinski definition) is 3. The number of carboxylic acid groups (broad SMARTS) is 1. The third kappa shape index (κ3) is 4.42. The second-order valence-electron chi connectivity index (χ2n) is 4.68. The molecule has 0 aliphatic rings. The lowest BCUT2D eigenvalue weighted by atomic mass is 10.1. The van der Waals surface area contributed by atoms with Gasteiger partial charge in [0.25, 0.3) is 5.91 Å². The molecule has 21 heavy (non-hydrogen) atoms. The van der Waals surface area contributed by atoms with Crippen LogP contribution in [0.2, 0.25) is 5.02 Å². The second kappa shape index (κ2) is 6.00. The zero-order chi connectivity index (χ0) is 16.4. The van der Waals surface area contributed by atoms with E-state index in [2.05, 4.69) is 5.32 Å². The first-order valence-electron chi connectivity index (χ1n) is 5.69. The molecule has 0 saturated carbocycles.